The minimum atomic E-state index is -0.656. The summed E-state index contributed by atoms with van der Waals surface area (Å²) in [4.78, 5) is 2.48. The fourth-order valence-corrected chi connectivity index (χ4v) is 3.61. The van der Waals surface area contributed by atoms with Crippen molar-refractivity contribution in [1.29, 1.82) is 0 Å². The number of hydrogen-bond donors (Lipinski definition) is 1. The van der Waals surface area contributed by atoms with E-state index in [-0.39, 0.29) is 0 Å². The third kappa shape index (κ3) is 4.43. The molecule has 0 radical (unpaired) electrons. The van der Waals surface area contributed by atoms with E-state index in [4.69, 9.17) is 0 Å². The van der Waals surface area contributed by atoms with Gasteiger partial charge in [0.25, 0.3) is 0 Å². The molecule has 0 atom stereocenters. The highest BCUT2D eigenvalue weighted by molar-refractivity contribution is 9.10. The van der Waals surface area contributed by atoms with E-state index >= 15 is 0 Å². The van der Waals surface area contributed by atoms with Crippen molar-refractivity contribution in [2.24, 2.45) is 0 Å². The Morgan fingerprint density at radius 3 is 2.26 bits per heavy atom. The van der Waals surface area contributed by atoms with Crippen molar-refractivity contribution in [2.75, 3.05) is 19.6 Å². The molecule has 1 N–H and O–H groups in total. The molecular weight excluding hydrogens is 350 g/mol. The van der Waals surface area contributed by atoms with Gasteiger partial charge in [-0.2, -0.15) is 0 Å². The van der Waals surface area contributed by atoms with Crippen LogP contribution < -0.4 is 0 Å². The Bertz CT molecular complexity index is 603. The van der Waals surface area contributed by atoms with Crippen LogP contribution in [0, 0.1) is 0 Å². The Balaban J connectivity index is 1.47. The van der Waals surface area contributed by atoms with Gasteiger partial charge in [0, 0.05) is 17.6 Å². The van der Waals surface area contributed by atoms with Crippen LogP contribution in [0.2, 0.25) is 0 Å². The van der Waals surface area contributed by atoms with Gasteiger partial charge in [-0.15, -0.1) is 0 Å². The van der Waals surface area contributed by atoms with Crippen LogP contribution in [-0.4, -0.2) is 29.6 Å². The average molecular weight is 374 g/mol. The maximum Gasteiger partial charge on any atom is 0.0920 e. The molecule has 0 aromatic heterocycles. The first-order valence-corrected chi connectivity index (χ1v) is 9.20. The minimum Gasteiger partial charge on any atom is -0.385 e. The third-order valence-corrected chi connectivity index (χ3v) is 5.38. The lowest BCUT2D eigenvalue weighted by atomic mass is 9.84. The van der Waals surface area contributed by atoms with Gasteiger partial charge in [0.15, 0.2) is 0 Å². The van der Waals surface area contributed by atoms with Gasteiger partial charge in [-0.3, -0.25) is 0 Å². The average Bonchev–Trinajstić information content (AvgIpc) is 2.58. The van der Waals surface area contributed by atoms with Crippen molar-refractivity contribution in [3.63, 3.8) is 0 Å². The molecule has 23 heavy (non-hydrogen) atoms. The van der Waals surface area contributed by atoms with Gasteiger partial charge in [0.2, 0.25) is 0 Å². The van der Waals surface area contributed by atoms with E-state index in [0.717, 1.165) is 48.9 Å². The predicted octanol–water partition coefficient (Wildman–Crippen LogP) is 4.37. The number of aryl methyl sites for hydroxylation is 1. The molecule has 0 unspecified atom stereocenters. The third-order valence-electron chi connectivity index (χ3n) is 4.85. The largest absolute Gasteiger partial charge is 0.385 e. The highest BCUT2D eigenvalue weighted by Crippen LogP contribution is 2.33. The normalized spacial score (nSPS) is 18.0. The van der Waals surface area contributed by atoms with Crippen molar-refractivity contribution >= 4 is 15.9 Å². The molecule has 1 heterocycles. The van der Waals surface area contributed by atoms with Gasteiger partial charge in [-0.05, 0) is 55.5 Å². The Morgan fingerprint density at radius 1 is 0.957 bits per heavy atom. The molecule has 1 saturated heterocycles. The summed E-state index contributed by atoms with van der Waals surface area (Å²) in [6.07, 6.45) is 3.95. The summed E-state index contributed by atoms with van der Waals surface area (Å²) in [6, 6.07) is 18.8. The maximum absolute atomic E-state index is 10.9. The topological polar surface area (TPSA) is 23.5 Å². The summed E-state index contributed by atoms with van der Waals surface area (Å²) in [5.74, 6) is 0. The number of benzene rings is 2. The Kier molecular flexibility index (Phi) is 5.52. The standard InChI is InChI=1S/C20H24BrNO/c21-19-10-8-18(9-11-19)20(23)12-15-22(16-13-20)14-4-7-17-5-2-1-3-6-17/h1-3,5-6,8-11,23H,4,7,12-16H2. The predicted molar refractivity (Wildman–Crippen MR) is 98.5 cm³/mol. The lowest BCUT2D eigenvalue weighted by Crippen LogP contribution is -2.42. The fraction of sp³-hybridized carbons (Fsp3) is 0.400. The number of likely N-dealkylation sites (tertiary alicyclic amines) is 1. The van der Waals surface area contributed by atoms with Crippen LogP contribution >= 0.6 is 15.9 Å². The number of rotatable bonds is 5. The van der Waals surface area contributed by atoms with Gasteiger partial charge in [0.1, 0.15) is 0 Å². The van der Waals surface area contributed by atoms with Crippen LogP contribution in [-0.2, 0) is 12.0 Å². The van der Waals surface area contributed by atoms with Crippen LogP contribution in [0.4, 0.5) is 0 Å². The number of halogens is 1. The number of piperidine rings is 1. The zero-order chi connectivity index (χ0) is 16.1. The first-order valence-electron chi connectivity index (χ1n) is 8.40. The van der Waals surface area contributed by atoms with Crippen LogP contribution in [0.15, 0.2) is 59.1 Å². The molecule has 1 aliphatic heterocycles. The minimum absolute atomic E-state index is 0.656. The first kappa shape index (κ1) is 16.7. The molecule has 122 valence electrons. The molecule has 0 saturated carbocycles. The summed E-state index contributed by atoms with van der Waals surface area (Å²) >= 11 is 3.45. The lowest BCUT2D eigenvalue weighted by molar-refractivity contribution is -0.0259. The van der Waals surface area contributed by atoms with Crippen LogP contribution in [0.5, 0.6) is 0 Å². The summed E-state index contributed by atoms with van der Waals surface area (Å²) in [5, 5.41) is 10.9. The van der Waals surface area contributed by atoms with Crippen molar-refractivity contribution in [1.82, 2.24) is 4.90 Å². The molecule has 0 aliphatic carbocycles. The Hall–Kier alpha value is -1.16. The highest BCUT2D eigenvalue weighted by Gasteiger charge is 2.33. The van der Waals surface area contributed by atoms with E-state index in [9.17, 15) is 5.11 Å². The molecule has 3 heteroatoms. The quantitative estimate of drug-likeness (QED) is 0.840. The summed E-state index contributed by atoms with van der Waals surface area (Å²) in [7, 11) is 0. The summed E-state index contributed by atoms with van der Waals surface area (Å²) < 4.78 is 1.06. The molecular formula is C20H24BrNO. The van der Waals surface area contributed by atoms with E-state index in [2.05, 4.69) is 51.2 Å². The SMILES string of the molecule is OC1(c2ccc(Br)cc2)CCN(CCCc2ccccc2)CC1. The molecule has 0 bridgehead atoms. The fourth-order valence-electron chi connectivity index (χ4n) is 3.35. The molecule has 2 aromatic rings. The highest BCUT2D eigenvalue weighted by atomic mass is 79.9. The van der Waals surface area contributed by atoms with Crippen LogP contribution in [0.1, 0.15) is 30.4 Å². The number of hydrogen-bond acceptors (Lipinski definition) is 2. The monoisotopic (exact) mass is 373 g/mol. The smallest absolute Gasteiger partial charge is 0.0920 e. The second-order valence-corrected chi connectivity index (χ2v) is 7.38. The number of aliphatic hydroxyl groups is 1. The zero-order valence-electron chi connectivity index (χ0n) is 13.4. The van der Waals surface area contributed by atoms with Crippen molar-refractivity contribution in [3.05, 3.63) is 70.2 Å². The molecule has 1 fully saturated rings. The van der Waals surface area contributed by atoms with Crippen LogP contribution in [0.25, 0.3) is 0 Å². The maximum atomic E-state index is 10.9. The van der Waals surface area contributed by atoms with E-state index in [1.807, 2.05) is 24.3 Å². The van der Waals surface area contributed by atoms with Crippen molar-refractivity contribution in [2.45, 2.75) is 31.3 Å². The Morgan fingerprint density at radius 2 is 1.61 bits per heavy atom. The van der Waals surface area contributed by atoms with Gasteiger partial charge in [-0.1, -0.05) is 58.4 Å². The molecule has 3 rings (SSSR count). The van der Waals surface area contributed by atoms with Gasteiger partial charge < -0.3 is 10.0 Å². The Labute approximate surface area is 147 Å². The summed E-state index contributed by atoms with van der Waals surface area (Å²) in [6.45, 7) is 3.06. The zero-order valence-corrected chi connectivity index (χ0v) is 15.0. The first-order chi connectivity index (χ1) is 11.2. The van der Waals surface area contributed by atoms with E-state index in [0.29, 0.717) is 0 Å². The van der Waals surface area contributed by atoms with Gasteiger partial charge >= 0.3 is 0 Å². The van der Waals surface area contributed by atoms with Gasteiger partial charge in [0.05, 0.1) is 5.60 Å². The van der Waals surface area contributed by atoms with Crippen LogP contribution in [0.3, 0.4) is 0 Å². The summed E-state index contributed by atoms with van der Waals surface area (Å²) in [5.41, 5.74) is 1.80. The second-order valence-electron chi connectivity index (χ2n) is 6.47. The van der Waals surface area contributed by atoms with E-state index < -0.39 is 5.60 Å². The van der Waals surface area contributed by atoms with E-state index in [1.165, 1.54) is 12.0 Å². The molecule has 1 aliphatic rings. The van der Waals surface area contributed by atoms with Crippen molar-refractivity contribution in [3.8, 4) is 0 Å². The number of nitrogens with zero attached hydrogens (tertiary/aromatic N) is 1. The molecule has 2 aromatic carbocycles. The molecule has 0 spiro atoms. The second kappa shape index (κ2) is 7.61. The lowest BCUT2D eigenvalue weighted by Gasteiger charge is -2.38. The van der Waals surface area contributed by atoms with Crippen molar-refractivity contribution < 1.29 is 5.11 Å². The molecule has 0 amide bonds. The van der Waals surface area contributed by atoms with E-state index in [1.54, 1.807) is 0 Å². The molecule has 2 nitrogen and oxygen atoms in total. The van der Waals surface area contributed by atoms with Gasteiger partial charge in [-0.25, -0.2) is 0 Å².